The van der Waals surface area contributed by atoms with Crippen molar-refractivity contribution < 1.29 is 14.7 Å². The second kappa shape index (κ2) is 5.25. The number of urea groups is 1. The third kappa shape index (κ3) is 2.83. The molecule has 2 heterocycles. The van der Waals surface area contributed by atoms with Gasteiger partial charge in [-0.25, -0.2) is 14.3 Å². The Morgan fingerprint density at radius 1 is 1.58 bits per heavy atom. The van der Waals surface area contributed by atoms with Gasteiger partial charge in [-0.1, -0.05) is 12.1 Å². The van der Waals surface area contributed by atoms with E-state index in [1.54, 1.807) is 4.90 Å². The molecule has 0 aromatic carbocycles. The second-order valence-corrected chi connectivity index (χ2v) is 4.71. The van der Waals surface area contributed by atoms with Crippen LogP contribution >= 0.6 is 0 Å². The van der Waals surface area contributed by atoms with Crippen LogP contribution in [0, 0.1) is 0 Å². The van der Waals surface area contributed by atoms with E-state index < -0.39 is 5.97 Å². The van der Waals surface area contributed by atoms with Crippen LogP contribution in [0.2, 0.25) is 0 Å². The van der Waals surface area contributed by atoms with Gasteiger partial charge in [-0.3, -0.25) is 0 Å². The molecule has 0 aliphatic carbocycles. The van der Waals surface area contributed by atoms with Crippen molar-refractivity contribution in [3.8, 4) is 0 Å². The molecule has 8 heteroatoms. The van der Waals surface area contributed by atoms with Crippen LogP contribution in [0.15, 0.2) is 6.20 Å². The zero-order valence-corrected chi connectivity index (χ0v) is 10.9. The van der Waals surface area contributed by atoms with Crippen molar-refractivity contribution in [2.24, 2.45) is 0 Å². The smallest absolute Gasteiger partial charge is 0.358 e. The van der Waals surface area contributed by atoms with E-state index in [0.717, 1.165) is 6.42 Å². The molecule has 1 aliphatic heterocycles. The van der Waals surface area contributed by atoms with E-state index >= 15 is 0 Å². The van der Waals surface area contributed by atoms with Crippen molar-refractivity contribution in [2.75, 3.05) is 13.1 Å². The molecule has 2 N–H and O–H groups in total. The largest absolute Gasteiger partial charge is 0.476 e. The fourth-order valence-corrected chi connectivity index (χ4v) is 1.75. The van der Waals surface area contributed by atoms with Gasteiger partial charge in [-0.15, -0.1) is 5.10 Å². The molecule has 1 unspecified atom stereocenters. The van der Waals surface area contributed by atoms with Gasteiger partial charge in [-0.2, -0.15) is 0 Å². The quantitative estimate of drug-likeness (QED) is 0.819. The van der Waals surface area contributed by atoms with Gasteiger partial charge in [0.25, 0.3) is 0 Å². The highest BCUT2D eigenvalue weighted by Crippen LogP contribution is 2.20. The van der Waals surface area contributed by atoms with Gasteiger partial charge in [0.1, 0.15) is 0 Å². The Hall–Kier alpha value is -2.12. The second-order valence-electron chi connectivity index (χ2n) is 4.71. The van der Waals surface area contributed by atoms with Crippen LogP contribution in [0.4, 0.5) is 4.79 Å². The first kappa shape index (κ1) is 13.3. The minimum Gasteiger partial charge on any atom is -0.476 e. The van der Waals surface area contributed by atoms with Gasteiger partial charge in [0.15, 0.2) is 5.69 Å². The summed E-state index contributed by atoms with van der Waals surface area (Å²) in [6, 6.07) is 0.0592. The molecule has 0 spiro atoms. The maximum atomic E-state index is 11.8. The van der Waals surface area contributed by atoms with Crippen molar-refractivity contribution in [1.82, 2.24) is 25.2 Å². The molecule has 2 rings (SSSR count). The average Bonchev–Trinajstić information content (AvgIpc) is 2.76. The highest BCUT2D eigenvalue weighted by Gasteiger charge is 2.33. The van der Waals surface area contributed by atoms with E-state index in [0.29, 0.717) is 13.1 Å². The predicted octanol–water partition coefficient (Wildman–Crippen LogP) is 0.341. The Bertz CT molecular complexity index is 480. The van der Waals surface area contributed by atoms with Crippen LogP contribution in [0.5, 0.6) is 0 Å². The molecule has 8 nitrogen and oxygen atoms in total. The van der Waals surface area contributed by atoms with Crippen molar-refractivity contribution >= 4 is 12.0 Å². The number of carbonyl (C=O) groups is 2. The number of nitrogens with zero attached hydrogens (tertiary/aromatic N) is 4. The molecule has 1 aromatic rings. The van der Waals surface area contributed by atoms with Crippen molar-refractivity contribution in [2.45, 2.75) is 32.4 Å². The Labute approximate surface area is 110 Å². The molecule has 1 saturated heterocycles. The summed E-state index contributed by atoms with van der Waals surface area (Å²) in [6.07, 6.45) is 2.27. The highest BCUT2D eigenvalue weighted by molar-refractivity contribution is 5.84. The van der Waals surface area contributed by atoms with Crippen molar-refractivity contribution in [3.05, 3.63) is 11.9 Å². The molecular weight excluding hydrogens is 250 g/mol. The summed E-state index contributed by atoms with van der Waals surface area (Å²) in [5.74, 6) is -1.10. The lowest BCUT2D eigenvalue weighted by molar-refractivity contribution is 0.0690. The zero-order valence-electron chi connectivity index (χ0n) is 10.9. The van der Waals surface area contributed by atoms with Gasteiger partial charge in [0, 0.05) is 19.1 Å². The topological polar surface area (TPSA) is 100 Å². The number of amides is 2. The SMILES string of the molecule is CCC(C)NC(=O)N1CC(n2cc(C(=O)O)nn2)C1. The standard InChI is InChI=1S/C11H17N5O3/c1-3-7(2)12-11(19)15-4-8(5-15)16-6-9(10(17)18)13-14-16/h6-8H,3-5H2,1-2H3,(H,12,19)(H,17,18). The van der Waals surface area contributed by atoms with Gasteiger partial charge in [-0.05, 0) is 13.3 Å². The number of rotatable bonds is 4. The predicted molar refractivity (Wildman–Crippen MR) is 65.9 cm³/mol. The van der Waals surface area contributed by atoms with Crippen LogP contribution < -0.4 is 5.32 Å². The lowest BCUT2D eigenvalue weighted by atomic mass is 10.1. The maximum Gasteiger partial charge on any atom is 0.358 e. The first-order chi connectivity index (χ1) is 9.01. The number of aromatic nitrogens is 3. The van der Waals surface area contributed by atoms with Crippen LogP contribution in [0.3, 0.4) is 0 Å². The number of carboxylic acids is 1. The maximum absolute atomic E-state index is 11.8. The molecule has 1 atom stereocenters. The number of hydrogen-bond donors (Lipinski definition) is 2. The van der Waals surface area contributed by atoms with E-state index in [9.17, 15) is 9.59 Å². The summed E-state index contributed by atoms with van der Waals surface area (Å²) in [5.41, 5.74) is -0.0810. The number of nitrogens with one attached hydrogen (secondary N) is 1. The van der Waals surface area contributed by atoms with E-state index in [4.69, 9.17) is 5.11 Å². The third-order valence-corrected chi connectivity index (χ3v) is 3.24. The highest BCUT2D eigenvalue weighted by atomic mass is 16.4. The average molecular weight is 267 g/mol. The molecular formula is C11H17N5O3. The number of carboxylic acid groups (broad SMARTS) is 1. The van der Waals surface area contributed by atoms with Crippen LogP contribution in [0.25, 0.3) is 0 Å². The van der Waals surface area contributed by atoms with Crippen molar-refractivity contribution in [3.63, 3.8) is 0 Å². The molecule has 19 heavy (non-hydrogen) atoms. The molecule has 104 valence electrons. The van der Waals surface area contributed by atoms with E-state index in [-0.39, 0.29) is 23.8 Å². The summed E-state index contributed by atoms with van der Waals surface area (Å²) in [5, 5.41) is 18.9. The number of likely N-dealkylation sites (tertiary alicyclic amines) is 1. The fraction of sp³-hybridized carbons (Fsp3) is 0.636. The monoisotopic (exact) mass is 267 g/mol. The lowest BCUT2D eigenvalue weighted by Gasteiger charge is -2.39. The van der Waals surface area contributed by atoms with Crippen LogP contribution in [0.1, 0.15) is 36.8 Å². The molecule has 1 aliphatic rings. The molecule has 1 fully saturated rings. The Kier molecular flexibility index (Phi) is 3.68. The number of carbonyl (C=O) groups excluding carboxylic acids is 1. The lowest BCUT2D eigenvalue weighted by Crippen LogP contribution is -2.55. The minimum absolute atomic E-state index is 0.00304. The summed E-state index contributed by atoms with van der Waals surface area (Å²) in [6.45, 7) is 4.99. The van der Waals surface area contributed by atoms with Gasteiger partial charge >= 0.3 is 12.0 Å². The Morgan fingerprint density at radius 3 is 2.79 bits per heavy atom. The zero-order chi connectivity index (χ0) is 14.0. The van der Waals surface area contributed by atoms with E-state index in [2.05, 4.69) is 15.6 Å². The normalized spacial score (nSPS) is 16.8. The van der Waals surface area contributed by atoms with Crippen molar-refractivity contribution in [1.29, 1.82) is 0 Å². The molecule has 0 bridgehead atoms. The van der Waals surface area contributed by atoms with E-state index in [1.165, 1.54) is 10.9 Å². The molecule has 1 aromatic heterocycles. The Balaban J connectivity index is 1.85. The van der Waals surface area contributed by atoms with Gasteiger partial charge in [0.05, 0.1) is 12.2 Å². The fourth-order valence-electron chi connectivity index (χ4n) is 1.75. The summed E-state index contributed by atoms with van der Waals surface area (Å²) < 4.78 is 1.50. The molecule has 0 saturated carbocycles. The third-order valence-electron chi connectivity index (χ3n) is 3.24. The van der Waals surface area contributed by atoms with Crippen LogP contribution in [-0.2, 0) is 0 Å². The Morgan fingerprint density at radius 2 is 2.26 bits per heavy atom. The first-order valence-electron chi connectivity index (χ1n) is 6.21. The van der Waals surface area contributed by atoms with Gasteiger partial charge in [0.2, 0.25) is 0 Å². The number of aromatic carboxylic acids is 1. The molecule has 0 radical (unpaired) electrons. The summed E-state index contributed by atoms with van der Waals surface area (Å²) in [4.78, 5) is 24.1. The van der Waals surface area contributed by atoms with Crippen LogP contribution in [-0.4, -0.2) is 56.1 Å². The summed E-state index contributed by atoms with van der Waals surface area (Å²) >= 11 is 0. The van der Waals surface area contributed by atoms with E-state index in [1.807, 2.05) is 13.8 Å². The summed E-state index contributed by atoms with van der Waals surface area (Å²) in [7, 11) is 0. The van der Waals surface area contributed by atoms with Gasteiger partial charge < -0.3 is 15.3 Å². The minimum atomic E-state index is -1.10. The first-order valence-corrected chi connectivity index (χ1v) is 6.21. The number of hydrogen-bond acceptors (Lipinski definition) is 4. The molecule has 2 amide bonds.